The van der Waals surface area contributed by atoms with Crippen LogP contribution in [-0.2, 0) is 5.41 Å². The first kappa shape index (κ1) is 46.7. The van der Waals surface area contributed by atoms with Crippen LogP contribution in [0.15, 0.2) is 291 Å². The second-order valence-corrected chi connectivity index (χ2v) is 30.6. The van der Waals surface area contributed by atoms with E-state index in [1.807, 2.05) is 0 Å². The van der Waals surface area contributed by atoms with Gasteiger partial charge in [-0.15, -0.1) is 0 Å². The van der Waals surface area contributed by atoms with E-state index in [0.717, 1.165) is 0 Å². The summed E-state index contributed by atoms with van der Waals surface area (Å²) in [6, 6.07) is 113. The van der Waals surface area contributed by atoms with Gasteiger partial charge in [0.05, 0.1) is 0 Å². The van der Waals surface area contributed by atoms with Gasteiger partial charge in [0.2, 0.25) is 0 Å². The molecule has 0 radical (unpaired) electrons. The number of rotatable bonds is 7. The third-order valence-electron chi connectivity index (χ3n) is 19.6. The highest BCUT2D eigenvalue weighted by Crippen LogP contribution is 2.60. The average molecular weight is 1060 g/mol. The predicted molar refractivity (Wildman–Crippen MR) is 348 cm³/mol. The van der Waals surface area contributed by atoms with Gasteiger partial charge < -0.3 is 0 Å². The van der Waals surface area contributed by atoms with Crippen LogP contribution in [0.25, 0.3) is 88.3 Å². The molecular weight excluding hydrogens is 1010 g/mol. The minimum absolute atomic E-state index is 0.0359. The molecule has 0 N–H and O–H groups in total. The van der Waals surface area contributed by atoms with E-state index in [9.17, 15) is 0 Å². The largest absolute Gasteiger partial charge is 0.180 e. The van der Waals surface area contributed by atoms with Crippen LogP contribution in [0.5, 0.6) is 0 Å². The molecule has 2 aliphatic heterocycles. The Balaban J connectivity index is 0.998. The summed E-state index contributed by atoms with van der Waals surface area (Å²) in [5.41, 5.74) is 19.1. The maximum absolute atomic E-state index is 2.78. The Morgan fingerprint density at radius 1 is 0.235 bits per heavy atom. The molecule has 1 spiro atoms. The van der Waals surface area contributed by atoms with Gasteiger partial charge in [0, 0.05) is 5.41 Å². The third-order valence-corrected chi connectivity index (χ3v) is 29.3. The fraction of sp³-hybridized carbons (Fsp3) is 0.0633. The van der Waals surface area contributed by atoms with E-state index in [-0.39, 0.29) is 5.41 Å². The molecule has 2 heterocycles. The van der Waals surface area contributed by atoms with Crippen molar-refractivity contribution < 1.29 is 0 Å². The van der Waals surface area contributed by atoms with Gasteiger partial charge in [-0.2, -0.15) is 0 Å². The number of fused-ring (bicyclic) bond motifs is 13. The van der Waals surface area contributed by atoms with Crippen molar-refractivity contribution in [1.29, 1.82) is 0 Å². The molecule has 0 unspecified atom stereocenters. The molecular formula is C79H56Si2. The SMILES string of the molecule is c1ccc([Si]2(c3ccccc3)c3ccccc3-c3c(-c4cccc5c(-c6cccc7c6C6(CCCC6)c6ccccc6-7)c6cccc(-c7cccc8c7-c7ccccc7[Si]8(c7ccccc7)c7ccccc7)c6cc45)cccc32)cc1. The first-order valence-electron chi connectivity index (χ1n) is 29.1. The molecule has 2 heteroatoms. The van der Waals surface area contributed by atoms with Crippen LogP contribution in [0, 0.1) is 0 Å². The van der Waals surface area contributed by atoms with E-state index < -0.39 is 16.1 Å². The molecule has 1 fully saturated rings. The van der Waals surface area contributed by atoms with E-state index in [2.05, 4.69) is 291 Å². The number of benzene rings is 13. The summed E-state index contributed by atoms with van der Waals surface area (Å²) in [4.78, 5) is 0. The van der Waals surface area contributed by atoms with E-state index in [1.165, 1.54) is 167 Å². The van der Waals surface area contributed by atoms with Gasteiger partial charge in [-0.1, -0.05) is 298 Å². The highest BCUT2D eigenvalue weighted by Gasteiger charge is 2.51. The molecule has 81 heavy (non-hydrogen) atoms. The summed E-state index contributed by atoms with van der Waals surface area (Å²) in [6.07, 6.45) is 4.81. The molecule has 0 saturated heterocycles. The lowest BCUT2D eigenvalue weighted by Crippen LogP contribution is -2.72. The van der Waals surface area contributed by atoms with E-state index in [1.54, 1.807) is 0 Å². The molecule has 13 aromatic carbocycles. The van der Waals surface area contributed by atoms with Crippen LogP contribution in [0.2, 0.25) is 0 Å². The van der Waals surface area contributed by atoms with Crippen molar-refractivity contribution in [2.75, 3.05) is 0 Å². The van der Waals surface area contributed by atoms with Crippen molar-refractivity contribution in [3.63, 3.8) is 0 Å². The normalized spacial score (nSPS) is 15.3. The topological polar surface area (TPSA) is 0 Å². The molecule has 380 valence electrons. The van der Waals surface area contributed by atoms with Crippen LogP contribution in [0.4, 0.5) is 0 Å². The second kappa shape index (κ2) is 17.9. The Hall–Kier alpha value is -9.19. The molecule has 0 nitrogen and oxygen atoms in total. The monoisotopic (exact) mass is 1060 g/mol. The molecule has 2 aliphatic carbocycles. The third kappa shape index (κ3) is 6.29. The Bertz CT molecular complexity index is 4370. The molecule has 13 aromatic rings. The van der Waals surface area contributed by atoms with Crippen molar-refractivity contribution in [1.82, 2.24) is 0 Å². The highest BCUT2D eigenvalue weighted by atomic mass is 28.3. The Labute approximate surface area is 476 Å². The van der Waals surface area contributed by atoms with E-state index in [0.29, 0.717) is 0 Å². The maximum Gasteiger partial charge on any atom is 0.180 e. The summed E-state index contributed by atoms with van der Waals surface area (Å²) < 4.78 is 0. The summed E-state index contributed by atoms with van der Waals surface area (Å²) >= 11 is 0. The minimum Gasteiger partial charge on any atom is -0.0623 e. The number of hydrogen-bond acceptors (Lipinski definition) is 0. The van der Waals surface area contributed by atoms with E-state index in [4.69, 9.17) is 0 Å². The van der Waals surface area contributed by atoms with Gasteiger partial charge in [0.25, 0.3) is 0 Å². The van der Waals surface area contributed by atoms with Crippen molar-refractivity contribution in [3.8, 4) is 66.8 Å². The zero-order valence-corrected chi connectivity index (χ0v) is 47.0. The molecule has 0 bridgehead atoms. The second-order valence-electron chi connectivity index (χ2n) is 23.1. The smallest absolute Gasteiger partial charge is 0.0623 e. The van der Waals surface area contributed by atoms with Gasteiger partial charge >= 0.3 is 0 Å². The van der Waals surface area contributed by atoms with Crippen LogP contribution in [0.3, 0.4) is 0 Å². The van der Waals surface area contributed by atoms with Gasteiger partial charge in [-0.05, 0) is 160 Å². The standard InChI is InChI=1S/C79H56Si2/c1-5-26-53(27-6-1)80(54-28-7-2-8-29-54)71-46-17-14-35-65(71)76-60(41-24-48-73(76)80)57-37-21-39-62-68(57)52-69-58(38-22-40-63(69)75(62)67-44-23-43-64-59-34-13-16-45-70(59)79(78(64)67)50-19-20-51-79)61-42-25-49-74-77(61)66-36-15-18-47-72(66)81(74,55-30-9-3-10-31-55)56-32-11-4-12-33-56/h1-18,21-49,52H,19-20,50-51H2. The first-order chi connectivity index (χ1) is 40.2. The molecule has 17 rings (SSSR count). The summed E-state index contributed by atoms with van der Waals surface area (Å²) in [5.74, 6) is 0. The van der Waals surface area contributed by atoms with Crippen LogP contribution in [-0.4, -0.2) is 16.1 Å². The van der Waals surface area contributed by atoms with Crippen LogP contribution in [0.1, 0.15) is 36.8 Å². The summed E-state index contributed by atoms with van der Waals surface area (Å²) in [7, 11) is -5.55. The van der Waals surface area contributed by atoms with Crippen molar-refractivity contribution >= 4 is 79.2 Å². The van der Waals surface area contributed by atoms with Crippen molar-refractivity contribution in [2.24, 2.45) is 0 Å². The highest BCUT2D eigenvalue weighted by molar-refractivity contribution is 7.23. The predicted octanol–water partition coefficient (Wildman–Crippen LogP) is 14.6. The van der Waals surface area contributed by atoms with Crippen molar-refractivity contribution in [2.45, 2.75) is 31.1 Å². The van der Waals surface area contributed by atoms with E-state index >= 15 is 0 Å². The number of hydrogen-bond donors (Lipinski definition) is 0. The maximum atomic E-state index is 2.61. The average Bonchev–Trinajstić information content (AvgIpc) is 3.20. The summed E-state index contributed by atoms with van der Waals surface area (Å²) in [6.45, 7) is 0. The molecule has 1 saturated carbocycles. The zero-order valence-electron chi connectivity index (χ0n) is 45.0. The zero-order chi connectivity index (χ0) is 53.3. The molecule has 0 atom stereocenters. The van der Waals surface area contributed by atoms with Crippen LogP contribution < -0.4 is 41.5 Å². The Morgan fingerprint density at radius 2 is 0.580 bits per heavy atom. The molecule has 0 aromatic heterocycles. The van der Waals surface area contributed by atoms with Crippen molar-refractivity contribution in [3.05, 3.63) is 302 Å². The lowest BCUT2D eigenvalue weighted by atomic mass is 9.73. The fourth-order valence-corrected chi connectivity index (χ4v) is 27.0. The quantitative estimate of drug-likeness (QED) is 0.110. The Kier molecular flexibility index (Phi) is 10.3. The Morgan fingerprint density at radius 3 is 1.06 bits per heavy atom. The lowest BCUT2D eigenvalue weighted by molar-refractivity contribution is 0.551. The summed E-state index contributed by atoms with van der Waals surface area (Å²) in [5, 5.41) is 16.7. The van der Waals surface area contributed by atoms with Gasteiger partial charge in [-0.3, -0.25) is 0 Å². The fourth-order valence-electron chi connectivity index (χ4n) is 16.6. The lowest BCUT2D eigenvalue weighted by Gasteiger charge is -2.31. The van der Waals surface area contributed by atoms with Gasteiger partial charge in [0.1, 0.15) is 0 Å². The molecule has 4 aliphatic rings. The molecule has 0 amide bonds. The minimum atomic E-state index is -2.78. The van der Waals surface area contributed by atoms with Gasteiger partial charge in [0.15, 0.2) is 16.1 Å². The van der Waals surface area contributed by atoms with Gasteiger partial charge in [-0.25, -0.2) is 0 Å². The van der Waals surface area contributed by atoms with Crippen LogP contribution >= 0.6 is 0 Å². The first-order valence-corrected chi connectivity index (χ1v) is 33.1.